The molecule has 5 heteroatoms. The minimum absolute atomic E-state index is 0.0186. The number of halogens is 1. The van der Waals surface area contributed by atoms with Gasteiger partial charge in [-0.1, -0.05) is 17.7 Å². The van der Waals surface area contributed by atoms with Crippen molar-refractivity contribution >= 4 is 29.1 Å². The minimum Gasteiger partial charge on any atom is -0.329 e. The van der Waals surface area contributed by atoms with Crippen LogP contribution in [0.5, 0.6) is 0 Å². The van der Waals surface area contributed by atoms with Gasteiger partial charge >= 0.3 is 0 Å². The van der Waals surface area contributed by atoms with E-state index in [0.717, 1.165) is 5.56 Å². The Morgan fingerprint density at radius 1 is 1.30 bits per heavy atom. The zero-order valence-electron chi connectivity index (χ0n) is 12.6. The molecule has 4 nitrogen and oxygen atoms in total. The van der Waals surface area contributed by atoms with Crippen LogP contribution in [-0.2, 0) is 9.59 Å². The van der Waals surface area contributed by atoms with E-state index in [4.69, 9.17) is 11.6 Å². The second-order valence-corrected chi connectivity index (χ2v) is 6.22. The molecule has 0 spiro atoms. The largest absolute Gasteiger partial charge is 0.329 e. The molecule has 0 saturated heterocycles. The molecular weight excluding hydrogens is 276 g/mol. The number of carbonyl (C=O) groups excluding carboxylic acids is 2. The Labute approximate surface area is 125 Å². The standard InChI is InChI=1S/C15H21ClN2O2/c1-10-6-7-12(16)8-13(10)17-14(20)9-18(11(2)19)15(3,4)5/h6-8H,9H2,1-5H3,(H,17,20). The number of hydrogen-bond acceptors (Lipinski definition) is 2. The van der Waals surface area contributed by atoms with E-state index >= 15 is 0 Å². The third kappa shape index (κ3) is 4.53. The van der Waals surface area contributed by atoms with Crippen LogP contribution in [0, 0.1) is 6.92 Å². The zero-order chi connectivity index (χ0) is 15.5. The number of aryl methyl sites for hydroxylation is 1. The quantitative estimate of drug-likeness (QED) is 0.931. The number of benzene rings is 1. The van der Waals surface area contributed by atoms with Crippen LogP contribution in [0.3, 0.4) is 0 Å². The van der Waals surface area contributed by atoms with Gasteiger partial charge in [0.2, 0.25) is 11.8 Å². The van der Waals surface area contributed by atoms with Gasteiger partial charge in [0.15, 0.2) is 0 Å². The molecule has 110 valence electrons. The van der Waals surface area contributed by atoms with Gasteiger partial charge in [-0.05, 0) is 45.4 Å². The van der Waals surface area contributed by atoms with Gasteiger partial charge in [-0.15, -0.1) is 0 Å². The summed E-state index contributed by atoms with van der Waals surface area (Å²) in [5, 5.41) is 3.35. The van der Waals surface area contributed by atoms with Crippen molar-refractivity contribution in [3.8, 4) is 0 Å². The zero-order valence-corrected chi connectivity index (χ0v) is 13.3. The number of amides is 2. The van der Waals surface area contributed by atoms with Gasteiger partial charge in [-0.3, -0.25) is 9.59 Å². The number of rotatable bonds is 3. The highest BCUT2D eigenvalue weighted by Crippen LogP contribution is 2.20. The van der Waals surface area contributed by atoms with Crippen molar-refractivity contribution < 1.29 is 9.59 Å². The molecule has 0 atom stereocenters. The number of anilines is 1. The third-order valence-electron chi connectivity index (χ3n) is 2.97. The summed E-state index contributed by atoms with van der Waals surface area (Å²) in [5.74, 6) is -0.365. The van der Waals surface area contributed by atoms with Crippen molar-refractivity contribution in [1.82, 2.24) is 4.90 Å². The number of nitrogens with zero attached hydrogens (tertiary/aromatic N) is 1. The fraction of sp³-hybridized carbons (Fsp3) is 0.467. The molecule has 2 amide bonds. The highest BCUT2D eigenvalue weighted by molar-refractivity contribution is 6.31. The van der Waals surface area contributed by atoms with E-state index in [2.05, 4.69) is 5.32 Å². The Balaban J connectivity index is 2.81. The molecule has 0 fully saturated rings. The molecule has 0 aromatic heterocycles. The van der Waals surface area contributed by atoms with Gasteiger partial charge in [-0.2, -0.15) is 0 Å². The average Bonchev–Trinajstić information content (AvgIpc) is 2.29. The fourth-order valence-electron chi connectivity index (χ4n) is 1.88. The van der Waals surface area contributed by atoms with E-state index in [9.17, 15) is 9.59 Å². The summed E-state index contributed by atoms with van der Waals surface area (Å²) >= 11 is 5.91. The summed E-state index contributed by atoms with van der Waals surface area (Å²) in [6, 6.07) is 5.30. The van der Waals surface area contributed by atoms with Gasteiger partial charge in [0.25, 0.3) is 0 Å². The van der Waals surface area contributed by atoms with Crippen LogP contribution in [0.4, 0.5) is 5.69 Å². The number of hydrogen-bond donors (Lipinski definition) is 1. The molecule has 0 unspecified atom stereocenters. The lowest BCUT2D eigenvalue weighted by Crippen LogP contribution is -2.48. The first-order chi connectivity index (χ1) is 9.11. The van der Waals surface area contributed by atoms with Gasteiger partial charge in [0, 0.05) is 23.2 Å². The molecule has 0 bridgehead atoms. The average molecular weight is 297 g/mol. The molecule has 0 aliphatic rings. The van der Waals surface area contributed by atoms with Crippen molar-refractivity contribution in [2.75, 3.05) is 11.9 Å². The van der Waals surface area contributed by atoms with E-state index in [1.54, 1.807) is 12.1 Å². The van der Waals surface area contributed by atoms with E-state index in [1.165, 1.54) is 11.8 Å². The second kappa shape index (κ2) is 6.27. The van der Waals surface area contributed by atoms with Gasteiger partial charge in [-0.25, -0.2) is 0 Å². The van der Waals surface area contributed by atoms with Gasteiger partial charge in [0.05, 0.1) is 0 Å². The van der Waals surface area contributed by atoms with Gasteiger partial charge in [0.1, 0.15) is 6.54 Å². The lowest BCUT2D eigenvalue weighted by molar-refractivity contribution is -0.137. The SMILES string of the molecule is CC(=O)N(CC(=O)Nc1cc(Cl)ccc1C)C(C)(C)C. The van der Waals surface area contributed by atoms with Crippen LogP contribution in [0.15, 0.2) is 18.2 Å². The van der Waals surface area contributed by atoms with Crippen LogP contribution >= 0.6 is 11.6 Å². The van der Waals surface area contributed by atoms with Crippen molar-refractivity contribution in [3.63, 3.8) is 0 Å². The van der Waals surface area contributed by atoms with Crippen LogP contribution in [0.1, 0.15) is 33.3 Å². The molecule has 20 heavy (non-hydrogen) atoms. The van der Waals surface area contributed by atoms with Crippen LogP contribution in [-0.4, -0.2) is 28.8 Å². The highest BCUT2D eigenvalue weighted by atomic mass is 35.5. The molecule has 1 aromatic rings. The van der Waals surface area contributed by atoms with Crippen LogP contribution in [0.2, 0.25) is 5.02 Å². The molecule has 0 radical (unpaired) electrons. The predicted octanol–water partition coefficient (Wildman–Crippen LogP) is 3.23. The van der Waals surface area contributed by atoms with Crippen molar-refractivity contribution in [1.29, 1.82) is 0 Å². The first kappa shape index (κ1) is 16.5. The molecule has 1 N–H and O–H groups in total. The summed E-state index contributed by atoms with van der Waals surface area (Å²) < 4.78 is 0. The Kier molecular flexibility index (Phi) is 5.17. The maximum atomic E-state index is 12.1. The maximum Gasteiger partial charge on any atom is 0.244 e. The summed E-state index contributed by atoms with van der Waals surface area (Å²) in [6.45, 7) is 9.05. The topological polar surface area (TPSA) is 49.4 Å². The fourth-order valence-corrected chi connectivity index (χ4v) is 2.06. The first-order valence-corrected chi connectivity index (χ1v) is 6.83. The Morgan fingerprint density at radius 3 is 2.40 bits per heavy atom. The van der Waals surface area contributed by atoms with E-state index in [-0.39, 0.29) is 18.4 Å². The highest BCUT2D eigenvalue weighted by Gasteiger charge is 2.25. The molecule has 1 rings (SSSR count). The Hall–Kier alpha value is -1.55. The second-order valence-electron chi connectivity index (χ2n) is 5.78. The summed E-state index contributed by atoms with van der Waals surface area (Å²) in [4.78, 5) is 25.2. The number of carbonyl (C=O) groups is 2. The molecule has 0 aliphatic carbocycles. The molecule has 1 aromatic carbocycles. The lowest BCUT2D eigenvalue weighted by atomic mass is 10.1. The molecule has 0 aliphatic heterocycles. The van der Waals surface area contributed by atoms with Crippen LogP contribution < -0.4 is 5.32 Å². The molecule has 0 saturated carbocycles. The molecule has 0 heterocycles. The van der Waals surface area contributed by atoms with Gasteiger partial charge < -0.3 is 10.2 Å². The normalized spacial score (nSPS) is 11.1. The first-order valence-electron chi connectivity index (χ1n) is 6.45. The minimum atomic E-state index is -0.396. The van der Waals surface area contributed by atoms with E-state index in [1.807, 2.05) is 33.8 Å². The predicted molar refractivity (Wildman–Crippen MR) is 82.0 cm³/mol. The van der Waals surface area contributed by atoms with Crippen molar-refractivity contribution in [3.05, 3.63) is 28.8 Å². The molecular formula is C15H21ClN2O2. The summed E-state index contributed by atoms with van der Waals surface area (Å²) in [5.41, 5.74) is 1.19. The number of nitrogens with one attached hydrogen (secondary N) is 1. The third-order valence-corrected chi connectivity index (χ3v) is 3.20. The monoisotopic (exact) mass is 296 g/mol. The van der Waals surface area contributed by atoms with E-state index < -0.39 is 5.54 Å². The summed E-state index contributed by atoms with van der Waals surface area (Å²) in [6.07, 6.45) is 0. The smallest absolute Gasteiger partial charge is 0.244 e. The van der Waals surface area contributed by atoms with Crippen molar-refractivity contribution in [2.45, 2.75) is 40.2 Å². The summed E-state index contributed by atoms with van der Waals surface area (Å²) in [7, 11) is 0. The Bertz CT molecular complexity index is 521. The maximum absolute atomic E-state index is 12.1. The van der Waals surface area contributed by atoms with E-state index in [0.29, 0.717) is 10.7 Å². The van der Waals surface area contributed by atoms with Crippen molar-refractivity contribution in [2.24, 2.45) is 0 Å². The Morgan fingerprint density at radius 2 is 1.90 bits per heavy atom. The lowest BCUT2D eigenvalue weighted by Gasteiger charge is -2.34. The van der Waals surface area contributed by atoms with Crippen LogP contribution in [0.25, 0.3) is 0 Å².